The molecule has 4 rings (SSSR count). The van der Waals surface area contributed by atoms with Crippen molar-refractivity contribution in [3.63, 3.8) is 0 Å². The van der Waals surface area contributed by atoms with Crippen molar-refractivity contribution in [2.75, 3.05) is 6.54 Å². The quantitative estimate of drug-likeness (QED) is 0.617. The Morgan fingerprint density at radius 2 is 1.84 bits per heavy atom. The van der Waals surface area contributed by atoms with Gasteiger partial charge in [-0.3, -0.25) is 14.7 Å². The van der Waals surface area contributed by atoms with Gasteiger partial charge in [-0.15, -0.1) is 0 Å². The third-order valence-electron chi connectivity index (χ3n) is 5.02. The number of amides is 1. The molecule has 1 aliphatic rings. The number of rotatable bonds is 7. The highest BCUT2D eigenvalue weighted by Crippen LogP contribution is 2.30. The Morgan fingerprint density at radius 3 is 2.48 bits per heavy atom. The molecule has 1 atom stereocenters. The lowest BCUT2D eigenvalue weighted by Crippen LogP contribution is -2.38. The Bertz CT molecular complexity index is 1020. The summed E-state index contributed by atoms with van der Waals surface area (Å²) in [4.78, 5) is 22.0. The lowest BCUT2D eigenvalue weighted by Gasteiger charge is -2.24. The first kappa shape index (κ1) is 21.0. The molecule has 0 unspecified atom stereocenters. The van der Waals surface area contributed by atoms with E-state index in [1.807, 2.05) is 12.1 Å². The van der Waals surface area contributed by atoms with Crippen LogP contribution in [0, 0.1) is 0 Å². The number of halogens is 3. The van der Waals surface area contributed by atoms with Crippen LogP contribution in [0.2, 0.25) is 0 Å². The molecule has 2 aromatic heterocycles. The first-order valence-corrected chi connectivity index (χ1v) is 9.77. The maximum absolute atomic E-state index is 12.8. The summed E-state index contributed by atoms with van der Waals surface area (Å²) in [5.41, 5.74) is 0.746. The third kappa shape index (κ3) is 5.46. The molecule has 31 heavy (non-hydrogen) atoms. The number of carbonyl (C=O) groups is 1. The monoisotopic (exact) mass is 431 g/mol. The Labute approximate surface area is 176 Å². The van der Waals surface area contributed by atoms with E-state index >= 15 is 0 Å². The largest absolute Gasteiger partial charge is 0.416 e. The Morgan fingerprint density at radius 1 is 1.10 bits per heavy atom. The van der Waals surface area contributed by atoms with Crippen molar-refractivity contribution in [1.29, 1.82) is 0 Å². The highest BCUT2D eigenvalue weighted by atomic mass is 19.4. The number of carbonyl (C=O) groups excluding carboxylic acids is 1. The maximum Gasteiger partial charge on any atom is 0.416 e. The van der Waals surface area contributed by atoms with Gasteiger partial charge in [0.25, 0.3) is 0 Å². The van der Waals surface area contributed by atoms with Gasteiger partial charge in [0, 0.05) is 43.5 Å². The van der Waals surface area contributed by atoms with E-state index in [0.29, 0.717) is 37.5 Å². The highest BCUT2D eigenvalue weighted by Gasteiger charge is 2.30. The summed E-state index contributed by atoms with van der Waals surface area (Å²) >= 11 is 0. The second-order valence-corrected chi connectivity index (χ2v) is 7.42. The summed E-state index contributed by atoms with van der Waals surface area (Å²) in [6.07, 6.45) is 0.281. The minimum absolute atomic E-state index is 0.0339. The van der Waals surface area contributed by atoms with Crippen LogP contribution in [-0.4, -0.2) is 38.5 Å². The second-order valence-electron chi connectivity index (χ2n) is 7.42. The van der Waals surface area contributed by atoms with Crippen LogP contribution >= 0.6 is 0 Å². The van der Waals surface area contributed by atoms with Gasteiger partial charge in [0.2, 0.25) is 17.6 Å². The maximum atomic E-state index is 12.8. The van der Waals surface area contributed by atoms with Crippen LogP contribution in [0.5, 0.6) is 0 Å². The molecule has 1 N–H and O–H groups in total. The fraction of sp³-hybridized carbons (Fsp3) is 0.333. The molecule has 3 heterocycles. The number of benzene rings is 1. The van der Waals surface area contributed by atoms with Gasteiger partial charge in [-0.1, -0.05) is 17.3 Å². The van der Waals surface area contributed by atoms with Gasteiger partial charge in [0.05, 0.1) is 12.1 Å². The zero-order chi connectivity index (χ0) is 21.8. The first-order valence-electron chi connectivity index (χ1n) is 9.77. The van der Waals surface area contributed by atoms with Crippen molar-refractivity contribution in [3.05, 3.63) is 65.8 Å². The molecule has 162 valence electrons. The minimum Gasteiger partial charge on any atom is -0.352 e. The van der Waals surface area contributed by atoms with E-state index in [1.54, 1.807) is 12.4 Å². The van der Waals surface area contributed by atoms with Crippen LogP contribution in [0.4, 0.5) is 13.2 Å². The number of alkyl halides is 3. The zero-order valence-corrected chi connectivity index (χ0v) is 16.5. The lowest BCUT2D eigenvalue weighted by atomic mass is 10.1. The number of hydrogen-bond acceptors (Lipinski definition) is 6. The third-order valence-corrected chi connectivity index (χ3v) is 5.02. The zero-order valence-electron chi connectivity index (χ0n) is 16.5. The average Bonchev–Trinajstić information content (AvgIpc) is 3.37. The Kier molecular flexibility index (Phi) is 5.99. The fourth-order valence-electron chi connectivity index (χ4n) is 3.49. The minimum atomic E-state index is -4.40. The van der Waals surface area contributed by atoms with E-state index in [0.717, 1.165) is 24.1 Å². The van der Waals surface area contributed by atoms with Crippen LogP contribution < -0.4 is 5.32 Å². The van der Waals surface area contributed by atoms with Crippen molar-refractivity contribution in [2.24, 2.45) is 0 Å². The van der Waals surface area contributed by atoms with E-state index < -0.39 is 11.7 Å². The van der Waals surface area contributed by atoms with Gasteiger partial charge in [-0.2, -0.15) is 18.2 Å². The summed E-state index contributed by atoms with van der Waals surface area (Å²) in [7, 11) is 0. The van der Waals surface area contributed by atoms with Crippen LogP contribution in [0.3, 0.4) is 0 Å². The number of hydrogen-bond donors (Lipinski definition) is 1. The van der Waals surface area contributed by atoms with Gasteiger partial charge < -0.3 is 9.84 Å². The molecule has 7 nitrogen and oxygen atoms in total. The molecule has 0 bridgehead atoms. The molecule has 1 fully saturated rings. The van der Waals surface area contributed by atoms with E-state index in [-0.39, 0.29) is 17.8 Å². The van der Waals surface area contributed by atoms with Gasteiger partial charge in [-0.05, 0) is 36.2 Å². The van der Waals surface area contributed by atoms with E-state index in [4.69, 9.17) is 4.52 Å². The van der Waals surface area contributed by atoms with Crippen molar-refractivity contribution in [3.8, 4) is 11.4 Å². The smallest absolute Gasteiger partial charge is 0.352 e. The van der Waals surface area contributed by atoms with Gasteiger partial charge in [-0.25, -0.2) is 0 Å². The normalized spacial score (nSPS) is 16.6. The van der Waals surface area contributed by atoms with Gasteiger partial charge in [0.15, 0.2) is 0 Å². The molecule has 1 aromatic carbocycles. The summed E-state index contributed by atoms with van der Waals surface area (Å²) < 4.78 is 43.6. The molecule has 0 saturated carbocycles. The van der Waals surface area contributed by atoms with E-state index in [1.165, 1.54) is 12.1 Å². The molecule has 10 heteroatoms. The van der Waals surface area contributed by atoms with Crippen molar-refractivity contribution >= 4 is 5.91 Å². The molecule has 0 aliphatic carbocycles. The summed E-state index contributed by atoms with van der Waals surface area (Å²) in [6.45, 7) is 1.53. The Hall–Kier alpha value is -3.27. The SMILES string of the molecule is O=C1CC[C@@H](CN(Cc2ccncc2)Cc2nc(-c3ccc(C(F)(F)F)cc3)no2)N1. The lowest BCUT2D eigenvalue weighted by molar-refractivity contribution is -0.137. The Balaban J connectivity index is 1.47. The van der Waals surface area contributed by atoms with Crippen LogP contribution in [0.1, 0.15) is 29.9 Å². The van der Waals surface area contributed by atoms with E-state index in [9.17, 15) is 18.0 Å². The molecular weight excluding hydrogens is 411 g/mol. The number of nitrogens with one attached hydrogen (secondary N) is 1. The summed E-state index contributed by atoms with van der Waals surface area (Å²) in [5.74, 6) is 0.603. The van der Waals surface area contributed by atoms with Crippen molar-refractivity contribution in [2.45, 2.75) is 38.1 Å². The van der Waals surface area contributed by atoms with Crippen molar-refractivity contribution in [1.82, 2.24) is 25.3 Å². The molecule has 0 spiro atoms. The van der Waals surface area contributed by atoms with Gasteiger partial charge in [0.1, 0.15) is 0 Å². The predicted molar refractivity (Wildman–Crippen MR) is 104 cm³/mol. The fourth-order valence-corrected chi connectivity index (χ4v) is 3.49. The molecule has 1 saturated heterocycles. The highest BCUT2D eigenvalue weighted by molar-refractivity contribution is 5.78. The molecular formula is C21H20F3N5O2. The van der Waals surface area contributed by atoms with Crippen LogP contribution in [0.15, 0.2) is 53.3 Å². The molecule has 1 aliphatic heterocycles. The summed E-state index contributed by atoms with van der Waals surface area (Å²) in [6, 6.07) is 8.46. The average molecular weight is 431 g/mol. The number of aromatic nitrogens is 3. The first-order chi connectivity index (χ1) is 14.9. The standard InChI is InChI=1S/C21H20F3N5O2/c22-21(23,24)16-3-1-15(2-4-16)20-27-19(31-28-20)13-29(11-14-7-9-25-10-8-14)12-17-5-6-18(30)26-17/h1-4,7-10,17H,5-6,11-13H2,(H,26,30)/t17-/m0/s1. The number of nitrogens with zero attached hydrogens (tertiary/aromatic N) is 4. The molecule has 3 aromatic rings. The predicted octanol–water partition coefficient (Wildman–Crippen LogP) is 3.43. The summed E-state index contributed by atoms with van der Waals surface area (Å²) in [5, 5.41) is 6.86. The topological polar surface area (TPSA) is 84.2 Å². The van der Waals surface area contributed by atoms with E-state index in [2.05, 4.69) is 25.3 Å². The second kappa shape index (κ2) is 8.84. The van der Waals surface area contributed by atoms with Crippen LogP contribution in [-0.2, 0) is 24.1 Å². The van der Waals surface area contributed by atoms with Crippen LogP contribution in [0.25, 0.3) is 11.4 Å². The van der Waals surface area contributed by atoms with Crippen molar-refractivity contribution < 1.29 is 22.5 Å². The molecule has 0 radical (unpaired) electrons. The van der Waals surface area contributed by atoms with Gasteiger partial charge >= 0.3 is 6.18 Å². The molecule has 1 amide bonds. The number of pyridine rings is 1.